The van der Waals surface area contributed by atoms with E-state index in [4.69, 9.17) is 0 Å². The summed E-state index contributed by atoms with van der Waals surface area (Å²) in [6.07, 6.45) is 0. The molecule has 9 aromatic carbocycles. The number of fused-ring (bicyclic) bond motifs is 16. The highest BCUT2D eigenvalue weighted by Gasteiger charge is 2.57. The lowest BCUT2D eigenvalue weighted by atomic mass is 9.43. The van der Waals surface area contributed by atoms with Gasteiger partial charge in [0.15, 0.2) is 8.07 Å². The van der Waals surface area contributed by atoms with Gasteiger partial charge in [-0.2, -0.15) is 0 Å². The second kappa shape index (κ2) is 15.4. The molecule has 0 radical (unpaired) electrons. The number of para-hydroxylation sites is 2. The Hall–Kier alpha value is -7.34. The quantitative estimate of drug-likeness (QED) is 0.163. The average Bonchev–Trinajstić information content (AvgIpc) is 3.87. The Labute approximate surface area is 445 Å². The van der Waals surface area contributed by atoms with Gasteiger partial charge in [-0.05, 0) is 153 Å². The topological polar surface area (TPSA) is 11.4 Å². The fraction of sp³-hybridized carbons (Fsp3) is 0.229. The fourth-order valence-corrected chi connectivity index (χ4v) is 19.3. The zero-order chi connectivity index (χ0) is 51.9. The molecule has 1 spiro atoms. The molecule has 1 aromatic heterocycles. The minimum Gasteiger partial charge on any atom is -0.376 e. The molecule has 5 heterocycles. The van der Waals surface area contributed by atoms with Crippen molar-refractivity contribution in [2.45, 2.75) is 105 Å². The molecular weight excluding hydrogens is 922 g/mol. The van der Waals surface area contributed by atoms with Gasteiger partial charge in [0.05, 0.1) is 11.0 Å². The first-order chi connectivity index (χ1) is 35.7. The molecule has 0 saturated heterocycles. The van der Waals surface area contributed by atoms with Gasteiger partial charge >= 0.3 is 6.85 Å². The van der Waals surface area contributed by atoms with Gasteiger partial charge in [-0.15, -0.1) is 0 Å². The molecule has 14 rings (SSSR count). The van der Waals surface area contributed by atoms with Gasteiger partial charge in [0, 0.05) is 50.5 Å². The van der Waals surface area contributed by atoms with Crippen LogP contribution in [0.3, 0.4) is 0 Å². The van der Waals surface area contributed by atoms with Crippen molar-refractivity contribution in [1.29, 1.82) is 0 Å². The molecule has 0 unspecified atom stereocenters. The minimum atomic E-state index is -2.88. The maximum Gasteiger partial charge on any atom is 0.333 e. The van der Waals surface area contributed by atoms with Gasteiger partial charge in [0.25, 0.3) is 0 Å². The van der Waals surface area contributed by atoms with Gasteiger partial charge in [-0.3, -0.25) is 0 Å². The lowest BCUT2D eigenvalue weighted by molar-refractivity contribution is 0.590. The van der Waals surface area contributed by atoms with Crippen molar-refractivity contribution in [2.75, 3.05) is 9.71 Å². The molecule has 4 aliphatic heterocycles. The summed E-state index contributed by atoms with van der Waals surface area (Å²) in [5.41, 5.74) is 23.3. The first-order valence-electron chi connectivity index (χ1n) is 27.3. The summed E-state index contributed by atoms with van der Waals surface area (Å²) in [4.78, 5) is 5.35. The summed E-state index contributed by atoms with van der Waals surface area (Å²) in [6, 6.07) is 72.0. The van der Waals surface area contributed by atoms with E-state index in [1.54, 1.807) is 0 Å². The monoisotopic (exact) mass is 988 g/mol. The van der Waals surface area contributed by atoms with Crippen molar-refractivity contribution >= 4 is 96.8 Å². The maximum atomic E-state index is 2.82. The molecule has 4 aliphatic rings. The molecule has 0 aliphatic carbocycles. The fourth-order valence-electron chi connectivity index (χ4n) is 13.7. The zero-order valence-electron chi connectivity index (χ0n) is 45.7. The lowest BCUT2D eigenvalue weighted by Gasteiger charge is -2.50. The van der Waals surface area contributed by atoms with Crippen molar-refractivity contribution in [3.63, 3.8) is 0 Å². The van der Waals surface area contributed by atoms with Crippen LogP contribution in [-0.4, -0.2) is 19.5 Å². The van der Waals surface area contributed by atoms with Gasteiger partial charge in [0.2, 0.25) is 0 Å². The number of benzene rings is 9. The molecule has 368 valence electrons. The van der Waals surface area contributed by atoms with Crippen molar-refractivity contribution in [2.24, 2.45) is 0 Å². The van der Waals surface area contributed by atoms with Crippen LogP contribution in [0.25, 0.3) is 49.7 Å². The van der Waals surface area contributed by atoms with E-state index in [9.17, 15) is 0 Å². The zero-order valence-corrected chi connectivity index (χ0v) is 46.7. The number of anilines is 5. The first-order valence-corrected chi connectivity index (χ1v) is 29.3. The largest absolute Gasteiger partial charge is 0.376 e. The van der Waals surface area contributed by atoms with E-state index in [1.165, 1.54) is 115 Å². The smallest absolute Gasteiger partial charge is 0.333 e. The Kier molecular flexibility index (Phi) is 9.48. The molecule has 0 amide bonds. The van der Waals surface area contributed by atoms with E-state index in [2.05, 4.69) is 279 Å². The van der Waals surface area contributed by atoms with Crippen LogP contribution in [-0.2, 0) is 21.7 Å². The number of hydrogen-bond donors (Lipinski definition) is 0. The minimum absolute atomic E-state index is 0.0184. The molecule has 3 nitrogen and oxygen atoms in total. The summed E-state index contributed by atoms with van der Waals surface area (Å²) in [5.74, 6) is 0. The summed E-state index contributed by atoms with van der Waals surface area (Å²) in [5, 5.41) is 8.58. The third kappa shape index (κ3) is 6.40. The van der Waals surface area contributed by atoms with Gasteiger partial charge < -0.3 is 14.3 Å². The maximum absolute atomic E-state index is 2.88. The van der Waals surface area contributed by atoms with Gasteiger partial charge in [0.1, 0.15) is 0 Å². The SMILES string of the molecule is CC(C)(C)c1ccc(N(c2ccc(C(C)(C)C)cc2)c2cc3c4c(c2)-n2c5ccc(C(C)(C)C)cc5c5cc(C(C)(C)C)cc(c52)B4N2c4ccccc4[Si]4(c5ccccc5-c5ccccc54)c4cccc-3c42)cc1. The van der Waals surface area contributed by atoms with E-state index in [-0.39, 0.29) is 28.5 Å². The van der Waals surface area contributed by atoms with Crippen LogP contribution in [0.5, 0.6) is 0 Å². The number of rotatable bonds is 3. The van der Waals surface area contributed by atoms with Crippen molar-refractivity contribution < 1.29 is 0 Å². The van der Waals surface area contributed by atoms with Crippen LogP contribution in [0.1, 0.15) is 105 Å². The first kappa shape index (κ1) is 46.2. The van der Waals surface area contributed by atoms with Gasteiger partial charge in [-0.25, -0.2) is 0 Å². The standard InChI is InChI=1S/C70H66BN3Si/c1-67(2,3)43-28-33-47(34-29-43)72(48-35-30-44(31-36-48)68(4,5)6)49-41-54-52-22-19-27-63-66(52)74(58-23-15-18-26-62(58)75(63)60-24-16-13-20-50(60)51-21-14-17-25-61(51)75)71-56-40-46(70(10,11)12)39-55-53-38-45(69(7,8)9)32-37-57(53)73(65(55)56)59(42-49)64(54)71/h13-42H,1-12H3. The Bertz CT molecular complexity index is 3950. The molecular formula is C70H66BN3Si. The highest BCUT2D eigenvalue weighted by atomic mass is 28.3. The number of hydrogen-bond acceptors (Lipinski definition) is 2. The van der Waals surface area contributed by atoms with E-state index in [0.29, 0.717) is 0 Å². The van der Waals surface area contributed by atoms with Crippen LogP contribution < -0.4 is 41.4 Å². The molecule has 75 heavy (non-hydrogen) atoms. The van der Waals surface area contributed by atoms with Crippen molar-refractivity contribution in [1.82, 2.24) is 4.57 Å². The van der Waals surface area contributed by atoms with Crippen LogP contribution in [0, 0.1) is 0 Å². The Morgan fingerprint density at radius 2 is 0.893 bits per heavy atom. The van der Waals surface area contributed by atoms with Crippen molar-refractivity contribution in [3.8, 4) is 27.9 Å². The molecule has 5 heteroatoms. The molecule has 0 saturated carbocycles. The lowest BCUT2D eigenvalue weighted by Crippen LogP contribution is -2.78. The molecule has 0 atom stereocenters. The normalized spacial score (nSPS) is 14.7. The average molecular weight is 988 g/mol. The predicted octanol–water partition coefficient (Wildman–Crippen LogP) is 14.4. The van der Waals surface area contributed by atoms with Crippen molar-refractivity contribution in [3.05, 3.63) is 204 Å². The summed E-state index contributed by atoms with van der Waals surface area (Å²) in [6.45, 7) is 28.0. The third-order valence-corrected chi connectivity index (χ3v) is 22.5. The van der Waals surface area contributed by atoms with Crippen LogP contribution in [0.4, 0.5) is 28.4 Å². The van der Waals surface area contributed by atoms with E-state index in [1.807, 2.05) is 0 Å². The highest BCUT2D eigenvalue weighted by Crippen LogP contribution is 2.50. The van der Waals surface area contributed by atoms with E-state index < -0.39 is 8.07 Å². The molecule has 0 N–H and O–H groups in total. The van der Waals surface area contributed by atoms with E-state index >= 15 is 0 Å². The molecule has 0 fully saturated rings. The third-order valence-electron chi connectivity index (χ3n) is 17.6. The van der Waals surface area contributed by atoms with Crippen LogP contribution >= 0.6 is 0 Å². The van der Waals surface area contributed by atoms with Gasteiger partial charge in [-0.1, -0.05) is 204 Å². The van der Waals surface area contributed by atoms with Crippen LogP contribution in [0.2, 0.25) is 0 Å². The Balaban J connectivity index is 1.15. The number of aromatic nitrogens is 1. The van der Waals surface area contributed by atoms with E-state index in [0.717, 1.165) is 17.1 Å². The molecule has 0 bridgehead atoms. The second-order valence-electron chi connectivity index (χ2n) is 26.2. The highest BCUT2D eigenvalue weighted by molar-refractivity contribution is 7.24. The Morgan fingerprint density at radius 3 is 1.48 bits per heavy atom. The summed E-state index contributed by atoms with van der Waals surface area (Å²) < 4.78 is 2.67. The Morgan fingerprint density at radius 1 is 0.387 bits per heavy atom. The number of nitrogens with zero attached hydrogens (tertiary/aromatic N) is 3. The molecule has 10 aromatic rings. The summed E-state index contributed by atoms with van der Waals surface area (Å²) in [7, 11) is -2.88. The van der Waals surface area contributed by atoms with Crippen LogP contribution in [0.15, 0.2) is 182 Å². The summed E-state index contributed by atoms with van der Waals surface area (Å²) >= 11 is 0. The second-order valence-corrected chi connectivity index (χ2v) is 29.9. The predicted molar refractivity (Wildman–Crippen MR) is 325 cm³/mol.